The topological polar surface area (TPSA) is 30.9 Å². The van der Waals surface area contributed by atoms with Gasteiger partial charge in [0.2, 0.25) is 0 Å². The molecule has 1 saturated carbocycles. The van der Waals surface area contributed by atoms with E-state index in [0.29, 0.717) is 0 Å². The first-order valence-corrected chi connectivity index (χ1v) is 6.02. The van der Waals surface area contributed by atoms with Gasteiger partial charge in [-0.05, 0) is 36.5 Å². The quantitative estimate of drug-likeness (QED) is 0.818. The predicted octanol–water partition coefficient (Wildman–Crippen LogP) is 2.69. The maximum absolute atomic E-state index is 6.36. The molecule has 1 aromatic carbocycles. The molecule has 1 aromatic heterocycles. The highest BCUT2D eigenvalue weighted by atomic mass is 14.9. The third kappa shape index (κ3) is 1.23. The van der Waals surface area contributed by atoms with E-state index < -0.39 is 0 Å². The van der Waals surface area contributed by atoms with Crippen LogP contribution in [0.15, 0.2) is 24.4 Å². The van der Waals surface area contributed by atoms with Crippen LogP contribution in [0.5, 0.6) is 0 Å². The molecule has 0 atom stereocenters. The summed E-state index contributed by atoms with van der Waals surface area (Å²) >= 11 is 0. The van der Waals surface area contributed by atoms with Crippen molar-refractivity contribution >= 4 is 10.9 Å². The molecule has 1 heterocycles. The van der Waals surface area contributed by atoms with Gasteiger partial charge in [0.05, 0.1) is 0 Å². The molecule has 0 spiro atoms. The van der Waals surface area contributed by atoms with E-state index in [2.05, 4.69) is 42.9 Å². The van der Waals surface area contributed by atoms with Gasteiger partial charge in [-0.15, -0.1) is 0 Å². The summed E-state index contributed by atoms with van der Waals surface area (Å²) in [6, 6.07) is 6.54. The SMILES string of the molecule is CCc1cccc2c1c(C1(N)CC1)cn2C. The first kappa shape index (κ1) is 9.91. The van der Waals surface area contributed by atoms with Gasteiger partial charge in [0.25, 0.3) is 0 Å². The smallest absolute Gasteiger partial charge is 0.0484 e. The zero-order valence-electron chi connectivity index (χ0n) is 9.96. The molecule has 2 aromatic rings. The van der Waals surface area contributed by atoms with Gasteiger partial charge in [0.15, 0.2) is 0 Å². The van der Waals surface area contributed by atoms with Crippen molar-refractivity contribution < 1.29 is 0 Å². The van der Waals surface area contributed by atoms with Gasteiger partial charge in [0, 0.05) is 29.7 Å². The lowest BCUT2D eigenvalue weighted by Crippen LogP contribution is -2.18. The fourth-order valence-corrected chi connectivity index (χ4v) is 2.60. The minimum atomic E-state index is -0.0369. The number of aromatic nitrogens is 1. The van der Waals surface area contributed by atoms with Crippen molar-refractivity contribution in [2.75, 3.05) is 0 Å². The Balaban J connectivity index is 2.36. The Kier molecular flexibility index (Phi) is 1.93. The molecule has 0 aliphatic heterocycles. The number of aryl methyl sites for hydroxylation is 2. The Bertz CT molecular complexity index is 547. The molecule has 2 nitrogen and oxygen atoms in total. The number of nitrogens with zero attached hydrogens (tertiary/aromatic N) is 1. The van der Waals surface area contributed by atoms with Gasteiger partial charge in [-0.25, -0.2) is 0 Å². The fraction of sp³-hybridized carbons (Fsp3) is 0.429. The van der Waals surface area contributed by atoms with E-state index in [1.807, 2.05) is 0 Å². The lowest BCUT2D eigenvalue weighted by Gasteiger charge is -2.09. The predicted molar refractivity (Wildman–Crippen MR) is 67.4 cm³/mol. The molecule has 0 saturated heterocycles. The van der Waals surface area contributed by atoms with E-state index in [0.717, 1.165) is 19.3 Å². The molecule has 3 rings (SSSR count). The normalized spacial score (nSPS) is 17.9. The molecule has 0 radical (unpaired) electrons. The molecular weight excluding hydrogens is 196 g/mol. The third-order valence-electron chi connectivity index (χ3n) is 3.81. The summed E-state index contributed by atoms with van der Waals surface area (Å²) < 4.78 is 2.21. The summed E-state index contributed by atoms with van der Waals surface area (Å²) in [6.07, 6.45) is 5.55. The van der Waals surface area contributed by atoms with Crippen LogP contribution in [0.4, 0.5) is 0 Å². The minimum absolute atomic E-state index is 0.0369. The van der Waals surface area contributed by atoms with Crippen LogP contribution >= 0.6 is 0 Å². The number of hydrogen-bond donors (Lipinski definition) is 1. The maximum Gasteiger partial charge on any atom is 0.0484 e. The van der Waals surface area contributed by atoms with E-state index in [9.17, 15) is 0 Å². The van der Waals surface area contributed by atoms with Crippen LogP contribution in [0, 0.1) is 0 Å². The van der Waals surface area contributed by atoms with Crippen molar-refractivity contribution in [3.8, 4) is 0 Å². The molecule has 2 N–H and O–H groups in total. The van der Waals surface area contributed by atoms with Crippen LogP contribution in [-0.2, 0) is 19.0 Å². The Morgan fingerprint density at radius 1 is 1.38 bits per heavy atom. The summed E-state index contributed by atoms with van der Waals surface area (Å²) in [6.45, 7) is 2.21. The summed E-state index contributed by atoms with van der Waals surface area (Å²) in [5, 5.41) is 1.40. The van der Waals surface area contributed by atoms with Crippen LogP contribution in [0.3, 0.4) is 0 Å². The van der Waals surface area contributed by atoms with Crippen molar-refractivity contribution in [1.82, 2.24) is 4.57 Å². The lowest BCUT2D eigenvalue weighted by molar-refractivity contribution is 0.740. The van der Waals surface area contributed by atoms with Crippen LogP contribution in [0.1, 0.15) is 30.9 Å². The van der Waals surface area contributed by atoms with Gasteiger partial charge in [0.1, 0.15) is 0 Å². The van der Waals surface area contributed by atoms with Gasteiger partial charge in [-0.1, -0.05) is 19.1 Å². The minimum Gasteiger partial charge on any atom is -0.350 e. The first-order valence-electron chi connectivity index (χ1n) is 6.02. The van der Waals surface area contributed by atoms with Gasteiger partial charge < -0.3 is 10.3 Å². The third-order valence-corrected chi connectivity index (χ3v) is 3.81. The van der Waals surface area contributed by atoms with E-state index in [1.54, 1.807) is 0 Å². The molecule has 84 valence electrons. The van der Waals surface area contributed by atoms with E-state index >= 15 is 0 Å². The monoisotopic (exact) mass is 214 g/mol. The first-order chi connectivity index (χ1) is 7.65. The summed E-state index contributed by atoms with van der Waals surface area (Å²) in [4.78, 5) is 0. The van der Waals surface area contributed by atoms with Crippen molar-refractivity contribution in [2.45, 2.75) is 31.7 Å². The Labute approximate surface area is 96.1 Å². The van der Waals surface area contributed by atoms with Crippen LogP contribution in [0.2, 0.25) is 0 Å². The average molecular weight is 214 g/mol. The standard InChI is InChI=1S/C14H18N2/c1-3-10-5-4-6-12-13(10)11(9-16(12)2)14(15)7-8-14/h4-6,9H,3,7-8,15H2,1-2H3. The number of hydrogen-bond acceptors (Lipinski definition) is 1. The highest BCUT2D eigenvalue weighted by Crippen LogP contribution is 2.46. The van der Waals surface area contributed by atoms with Crippen LogP contribution < -0.4 is 5.73 Å². The van der Waals surface area contributed by atoms with E-state index in [-0.39, 0.29) is 5.54 Å². The van der Waals surface area contributed by atoms with Crippen molar-refractivity contribution in [3.63, 3.8) is 0 Å². The molecular formula is C14H18N2. The lowest BCUT2D eigenvalue weighted by atomic mass is 9.99. The number of fused-ring (bicyclic) bond motifs is 1. The molecule has 2 heteroatoms. The van der Waals surface area contributed by atoms with Crippen molar-refractivity contribution in [2.24, 2.45) is 12.8 Å². The summed E-state index contributed by atoms with van der Waals surface area (Å²) in [5.41, 5.74) is 10.4. The average Bonchev–Trinajstić information content (AvgIpc) is 2.94. The molecule has 0 bridgehead atoms. The molecule has 1 aliphatic carbocycles. The van der Waals surface area contributed by atoms with Gasteiger partial charge in [-0.2, -0.15) is 0 Å². The van der Waals surface area contributed by atoms with E-state index in [1.165, 1.54) is 22.0 Å². The number of nitrogens with two attached hydrogens (primary N) is 1. The number of benzene rings is 1. The fourth-order valence-electron chi connectivity index (χ4n) is 2.60. The largest absolute Gasteiger partial charge is 0.350 e. The molecule has 1 aliphatic rings. The second-order valence-electron chi connectivity index (χ2n) is 4.97. The Morgan fingerprint density at radius 3 is 2.75 bits per heavy atom. The van der Waals surface area contributed by atoms with E-state index in [4.69, 9.17) is 5.73 Å². The molecule has 0 unspecified atom stereocenters. The molecule has 16 heavy (non-hydrogen) atoms. The Morgan fingerprint density at radius 2 is 2.12 bits per heavy atom. The van der Waals surface area contributed by atoms with Crippen LogP contribution in [-0.4, -0.2) is 4.57 Å². The Hall–Kier alpha value is -1.28. The maximum atomic E-state index is 6.36. The van der Waals surface area contributed by atoms with Crippen LogP contribution in [0.25, 0.3) is 10.9 Å². The highest BCUT2D eigenvalue weighted by molar-refractivity contribution is 5.88. The summed E-state index contributed by atoms with van der Waals surface area (Å²) in [5.74, 6) is 0. The van der Waals surface area contributed by atoms with Crippen molar-refractivity contribution in [1.29, 1.82) is 0 Å². The summed E-state index contributed by atoms with van der Waals surface area (Å²) in [7, 11) is 2.11. The van der Waals surface area contributed by atoms with Gasteiger partial charge >= 0.3 is 0 Å². The van der Waals surface area contributed by atoms with Gasteiger partial charge in [-0.3, -0.25) is 0 Å². The zero-order chi connectivity index (χ0) is 11.3. The van der Waals surface area contributed by atoms with Crippen molar-refractivity contribution in [3.05, 3.63) is 35.5 Å². The number of rotatable bonds is 2. The molecule has 1 fully saturated rings. The highest BCUT2D eigenvalue weighted by Gasteiger charge is 2.42. The zero-order valence-corrected chi connectivity index (χ0v) is 9.96. The molecule has 0 amide bonds. The second-order valence-corrected chi connectivity index (χ2v) is 4.97. The second kappa shape index (κ2) is 3.11.